The van der Waals surface area contributed by atoms with Gasteiger partial charge in [0.25, 0.3) is 11.4 Å². The summed E-state index contributed by atoms with van der Waals surface area (Å²) in [6.45, 7) is 2.08. The van der Waals surface area contributed by atoms with Gasteiger partial charge >= 0.3 is 11.4 Å². The number of aromatic hydroxyl groups is 1. The van der Waals surface area contributed by atoms with Crippen LogP contribution in [0.2, 0.25) is 0 Å². The van der Waals surface area contributed by atoms with E-state index >= 15 is 0 Å². The van der Waals surface area contributed by atoms with Crippen molar-refractivity contribution in [3.05, 3.63) is 78.9 Å². The molecule has 0 atom stereocenters. The third-order valence-corrected chi connectivity index (χ3v) is 3.32. The van der Waals surface area contributed by atoms with Gasteiger partial charge in [0.1, 0.15) is 0 Å². The van der Waals surface area contributed by atoms with Gasteiger partial charge in [0.05, 0.1) is 38.6 Å². The Morgan fingerprint density at radius 2 is 1.58 bits per heavy atom. The van der Waals surface area contributed by atoms with E-state index in [4.69, 9.17) is 5.11 Å². The highest BCUT2D eigenvalue weighted by molar-refractivity contribution is 5.64. The second-order valence-corrected chi connectivity index (χ2v) is 4.95. The fourth-order valence-corrected chi connectivity index (χ4v) is 2.08. The van der Waals surface area contributed by atoms with Crippen LogP contribution in [0.25, 0.3) is 5.52 Å². The quantitative estimate of drug-likeness (QED) is 0.548. The molecule has 0 radical (unpaired) electrons. The minimum Gasteiger partial charge on any atom is -0.497 e. The van der Waals surface area contributed by atoms with Gasteiger partial charge in [-0.1, -0.05) is 0 Å². The maximum Gasteiger partial charge on any atom is 0.324 e. The van der Waals surface area contributed by atoms with Crippen LogP contribution in [-0.2, 0) is 0 Å². The molecule has 26 heavy (non-hydrogen) atoms. The molecule has 0 amide bonds. The van der Waals surface area contributed by atoms with E-state index in [1.807, 2.05) is 12.4 Å². The number of hydrogen-bond acceptors (Lipinski definition) is 8. The van der Waals surface area contributed by atoms with Gasteiger partial charge in [-0.15, -0.1) is 0 Å². The number of phenolic OH excluding ortho intramolecular Hbond substituents is 1. The molecule has 0 aliphatic heterocycles. The Labute approximate surface area is 144 Å². The van der Waals surface area contributed by atoms with E-state index < -0.39 is 37.6 Å². The zero-order chi connectivity index (χ0) is 19.4. The lowest BCUT2D eigenvalue weighted by Crippen LogP contribution is -1.97. The number of hydrogen-bond donors (Lipinski definition) is 1. The molecule has 3 aromatic rings. The van der Waals surface area contributed by atoms with Gasteiger partial charge < -0.3 is 9.51 Å². The number of aryl methyl sites for hydroxylation is 1. The summed E-state index contributed by atoms with van der Waals surface area (Å²) in [5, 5.41) is 40.2. The maximum atomic E-state index is 10.4. The van der Waals surface area contributed by atoms with Crippen molar-refractivity contribution in [3.63, 3.8) is 0 Å². The van der Waals surface area contributed by atoms with Crippen LogP contribution in [0.4, 0.5) is 17.1 Å². The highest BCUT2D eigenvalue weighted by Crippen LogP contribution is 2.38. The minimum absolute atomic E-state index is 0.447. The van der Waals surface area contributed by atoms with E-state index in [9.17, 15) is 30.3 Å². The van der Waals surface area contributed by atoms with Crippen molar-refractivity contribution in [2.75, 3.05) is 0 Å². The molecule has 0 spiro atoms. The number of benzene rings is 1. The Morgan fingerprint density at radius 1 is 1.00 bits per heavy atom. The van der Waals surface area contributed by atoms with Crippen molar-refractivity contribution < 1.29 is 19.9 Å². The highest BCUT2D eigenvalue weighted by atomic mass is 16.6. The van der Waals surface area contributed by atoms with E-state index in [1.165, 1.54) is 5.69 Å². The molecule has 0 fully saturated rings. The Hall–Kier alpha value is -4.09. The van der Waals surface area contributed by atoms with Crippen molar-refractivity contribution in [1.29, 1.82) is 0 Å². The third-order valence-electron chi connectivity index (χ3n) is 3.32. The fourth-order valence-electron chi connectivity index (χ4n) is 2.08. The van der Waals surface area contributed by atoms with E-state index in [0.29, 0.717) is 12.1 Å². The van der Waals surface area contributed by atoms with Crippen LogP contribution in [0.5, 0.6) is 5.75 Å². The Bertz CT molecular complexity index is 979. The van der Waals surface area contributed by atoms with Gasteiger partial charge in [-0.25, -0.2) is 0 Å². The molecule has 2 heterocycles. The minimum atomic E-state index is -1.21. The zero-order valence-corrected chi connectivity index (χ0v) is 13.2. The Kier molecular flexibility index (Phi) is 5.06. The molecular formula is C14H11N5O7. The molecule has 0 aliphatic carbocycles. The summed E-state index contributed by atoms with van der Waals surface area (Å²) < 4.78 is 2.10. The van der Waals surface area contributed by atoms with Crippen LogP contribution in [-0.4, -0.2) is 29.3 Å². The predicted octanol–water partition coefficient (Wildman–Crippen LogP) is 2.76. The zero-order valence-electron chi connectivity index (χ0n) is 13.2. The second kappa shape index (κ2) is 7.21. The average molecular weight is 361 g/mol. The molecule has 12 nitrogen and oxygen atoms in total. The summed E-state index contributed by atoms with van der Waals surface area (Å²) in [4.78, 5) is 31.8. The van der Waals surface area contributed by atoms with Gasteiger partial charge in [-0.3, -0.25) is 35.3 Å². The van der Waals surface area contributed by atoms with Crippen molar-refractivity contribution in [3.8, 4) is 5.75 Å². The lowest BCUT2D eigenvalue weighted by atomic mass is 10.2. The van der Waals surface area contributed by atoms with E-state index in [-0.39, 0.29) is 0 Å². The molecule has 134 valence electrons. The lowest BCUT2D eigenvalue weighted by molar-refractivity contribution is -0.404. The lowest BCUT2D eigenvalue weighted by Gasteiger charge is -1.97. The summed E-state index contributed by atoms with van der Waals surface area (Å²) in [5.41, 5.74) is -0.601. The number of aromatic nitrogens is 2. The van der Waals surface area contributed by atoms with E-state index in [1.54, 1.807) is 6.20 Å². The summed E-state index contributed by atoms with van der Waals surface area (Å²) >= 11 is 0. The van der Waals surface area contributed by atoms with Crippen LogP contribution in [0, 0.1) is 37.3 Å². The molecule has 2 aromatic heterocycles. The molecular weight excluding hydrogens is 350 g/mol. The van der Waals surface area contributed by atoms with E-state index in [0.717, 1.165) is 5.52 Å². The molecule has 1 aromatic carbocycles. The number of nitro benzene ring substituents is 3. The number of fused-ring (bicyclic) bond motifs is 1. The average Bonchev–Trinajstić information content (AvgIpc) is 2.96. The topological polar surface area (TPSA) is 167 Å². The standard InChI is InChI=1S/C8H8N2.C6H3N3O7/c1-7-2-3-8-6-9-4-5-10(7)8;10-6-4(8(13)14)1-3(7(11)12)2-5(6)9(15)16/h2-6H,1H3;1-2,10H. The van der Waals surface area contributed by atoms with Gasteiger partial charge in [0, 0.05) is 18.1 Å². The molecule has 0 saturated heterocycles. The Morgan fingerprint density at radius 3 is 2.04 bits per heavy atom. The van der Waals surface area contributed by atoms with Crippen molar-refractivity contribution in [2.24, 2.45) is 0 Å². The molecule has 0 aliphatic rings. The highest BCUT2D eigenvalue weighted by Gasteiger charge is 2.30. The second-order valence-electron chi connectivity index (χ2n) is 4.95. The predicted molar refractivity (Wildman–Crippen MR) is 88.0 cm³/mol. The van der Waals surface area contributed by atoms with Crippen LogP contribution in [0.1, 0.15) is 5.69 Å². The summed E-state index contributed by atoms with van der Waals surface area (Å²) in [7, 11) is 0. The molecule has 1 N–H and O–H groups in total. The van der Waals surface area contributed by atoms with Crippen LogP contribution in [0.15, 0.2) is 42.9 Å². The van der Waals surface area contributed by atoms with Gasteiger partial charge in [0.15, 0.2) is 0 Å². The normalized spacial score (nSPS) is 10.0. The van der Waals surface area contributed by atoms with Crippen LogP contribution in [0.3, 0.4) is 0 Å². The van der Waals surface area contributed by atoms with Gasteiger partial charge in [-0.05, 0) is 19.1 Å². The number of rotatable bonds is 3. The first-order valence-corrected chi connectivity index (χ1v) is 6.90. The summed E-state index contributed by atoms with van der Waals surface area (Å²) in [5.74, 6) is -1.21. The largest absolute Gasteiger partial charge is 0.497 e. The SMILES string of the molecule is Cc1ccc2cnccn12.O=[N+]([O-])c1cc([N+](=O)[O-])c(O)c([N+](=O)[O-])c1. The van der Waals surface area contributed by atoms with Crippen LogP contribution < -0.4 is 0 Å². The van der Waals surface area contributed by atoms with Gasteiger partial charge in [0.2, 0.25) is 0 Å². The fraction of sp³-hybridized carbons (Fsp3) is 0.0714. The number of phenols is 1. The number of nitrogens with zero attached hydrogens (tertiary/aromatic N) is 5. The summed E-state index contributed by atoms with van der Waals surface area (Å²) in [6, 6.07) is 5.03. The maximum absolute atomic E-state index is 10.4. The molecule has 0 unspecified atom stereocenters. The monoisotopic (exact) mass is 361 g/mol. The van der Waals surface area contributed by atoms with Crippen molar-refractivity contribution in [1.82, 2.24) is 9.38 Å². The number of nitro groups is 3. The first kappa shape index (κ1) is 18.3. The van der Waals surface area contributed by atoms with Crippen molar-refractivity contribution >= 4 is 22.6 Å². The Balaban J connectivity index is 0.000000206. The molecule has 3 rings (SSSR count). The third kappa shape index (κ3) is 3.69. The smallest absolute Gasteiger partial charge is 0.324 e. The summed E-state index contributed by atoms with van der Waals surface area (Å²) in [6.07, 6.45) is 5.61. The van der Waals surface area contributed by atoms with Crippen LogP contribution >= 0.6 is 0 Å². The molecule has 12 heteroatoms. The first-order valence-electron chi connectivity index (χ1n) is 6.90. The number of non-ortho nitro benzene ring substituents is 1. The van der Waals surface area contributed by atoms with Gasteiger partial charge in [-0.2, -0.15) is 0 Å². The van der Waals surface area contributed by atoms with Crippen molar-refractivity contribution in [2.45, 2.75) is 6.92 Å². The molecule has 0 bridgehead atoms. The first-order chi connectivity index (χ1) is 12.2. The van der Waals surface area contributed by atoms with E-state index in [2.05, 4.69) is 28.4 Å². The molecule has 0 saturated carbocycles.